The van der Waals surface area contributed by atoms with E-state index in [1.54, 1.807) is 0 Å². The quantitative estimate of drug-likeness (QED) is 0.501. The number of hydrogen-bond donors (Lipinski definition) is 0. The summed E-state index contributed by atoms with van der Waals surface area (Å²) in [6.07, 6.45) is 2.17. The number of carbonyl (C=O) groups excluding carboxylic acids is 1. The monoisotopic (exact) mass is 428 g/mol. The van der Waals surface area contributed by atoms with Crippen LogP contribution in [0.1, 0.15) is 35.4 Å². The molecule has 1 saturated heterocycles. The molecule has 1 aliphatic rings. The number of carbonyl (C=O) groups is 1. The third-order valence-electron chi connectivity index (χ3n) is 6.10. The molecule has 1 heterocycles. The maximum absolute atomic E-state index is 14.1. The van der Waals surface area contributed by atoms with E-state index in [2.05, 4.69) is 29.2 Å². The standard InChI is InChI=1S/C28H32N2O2/c1-29(2)25-17-15-22(16-18-25)20-30(21-26-14-9-19-32-26)28(31)27(23-10-5-3-6-11-23)24-12-7-4-8-13-24/h3-8,10-13,15-18,26-27H,9,14,19-21H2,1-2H3. The zero-order chi connectivity index (χ0) is 22.3. The molecule has 1 atom stereocenters. The molecular weight excluding hydrogens is 396 g/mol. The van der Waals surface area contributed by atoms with Crippen LogP contribution in [0.5, 0.6) is 0 Å². The van der Waals surface area contributed by atoms with Crippen LogP contribution in [0.3, 0.4) is 0 Å². The summed E-state index contributed by atoms with van der Waals surface area (Å²) < 4.78 is 5.91. The number of nitrogens with zero attached hydrogens (tertiary/aromatic N) is 2. The number of benzene rings is 3. The summed E-state index contributed by atoms with van der Waals surface area (Å²) in [6, 6.07) is 28.6. The number of anilines is 1. The van der Waals surface area contributed by atoms with Gasteiger partial charge in [-0.15, -0.1) is 0 Å². The van der Waals surface area contributed by atoms with Crippen LogP contribution < -0.4 is 4.90 Å². The fraction of sp³-hybridized carbons (Fsp3) is 0.321. The van der Waals surface area contributed by atoms with Crippen LogP contribution in [0.25, 0.3) is 0 Å². The minimum atomic E-state index is -0.333. The average Bonchev–Trinajstić information content (AvgIpc) is 3.34. The molecule has 0 saturated carbocycles. The maximum atomic E-state index is 14.1. The molecule has 0 N–H and O–H groups in total. The SMILES string of the molecule is CN(C)c1ccc(CN(CC2CCCO2)C(=O)C(c2ccccc2)c2ccccc2)cc1. The molecule has 4 heteroatoms. The Morgan fingerprint density at radius 1 is 0.906 bits per heavy atom. The van der Waals surface area contributed by atoms with Gasteiger partial charge in [-0.3, -0.25) is 4.79 Å². The lowest BCUT2D eigenvalue weighted by atomic mass is 9.89. The first-order chi connectivity index (χ1) is 15.6. The molecule has 3 aromatic rings. The molecule has 0 aliphatic carbocycles. The van der Waals surface area contributed by atoms with Crippen molar-refractivity contribution in [3.8, 4) is 0 Å². The second kappa shape index (κ2) is 10.5. The van der Waals surface area contributed by atoms with Gasteiger partial charge in [0.15, 0.2) is 0 Å². The summed E-state index contributed by atoms with van der Waals surface area (Å²) in [7, 11) is 4.07. The first kappa shape index (κ1) is 22.1. The highest BCUT2D eigenvalue weighted by Gasteiger charge is 2.30. The van der Waals surface area contributed by atoms with Crippen molar-refractivity contribution in [3.05, 3.63) is 102 Å². The van der Waals surface area contributed by atoms with E-state index in [9.17, 15) is 4.79 Å². The van der Waals surface area contributed by atoms with Crippen LogP contribution in [0.2, 0.25) is 0 Å². The summed E-state index contributed by atoms with van der Waals surface area (Å²) >= 11 is 0. The highest BCUT2D eigenvalue weighted by molar-refractivity contribution is 5.87. The summed E-state index contributed by atoms with van der Waals surface area (Å²) in [4.78, 5) is 18.1. The highest BCUT2D eigenvalue weighted by Crippen LogP contribution is 2.29. The van der Waals surface area contributed by atoms with Crippen LogP contribution in [0.4, 0.5) is 5.69 Å². The van der Waals surface area contributed by atoms with Gasteiger partial charge in [0.1, 0.15) is 0 Å². The van der Waals surface area contributed by atoms with E-state index in [1.807, 2.05) is 79.7 Å². The average molecular weight is 429 g/mol. The second-order valence-electron chi connectivity index (χ2n) is 8.67. The molecule has 1 unspecified atom stereocenters. The Balaban J connectivity index is 1.65. The van der Waals surface area contributed by atoms with Gasteiger partial charge in [-0.25, -0.2) is 0 Å². The lowest BCUT2D eigenvalue weighted by Gasteiger charge is -2.30. The van der Waals surface area contributed by atoms with Crippen molar-refractivity contribution in [2.75, 3.05) is 32.1 Å². The Kier molecular flexibility index (Phi) is 7.23. The van der Waals surface area contributed by atoms with Gasteiger partial charge in [0, 0.05) is 39.5 Å². The number of rotatable bonds is 8. The third-order valence-corrected chi connectivity index (χ3v) is 6.10. The Morgan fingerprint density at radius 2 is 1.50 bits per heavy atom. The van der Waals surface area contributed by atoms with Crippen LogP contribution in [0, 0.1) is 0 Å². The number of amides is 1. The predicted octanol–water partition coefficient (Wildman–Crippen LogP) is 5.09. The van der Waals surface area contributed by atoms with E-state index in [4.69, 9.17) is 4.74 Å². The number of hydrogen-bond acceptors (Lipinski definition) is 3. The molecule has 1 amide bonds. The molecule has 0 aromatic heterocycles. The summed E-state index contributed by atoms with van der Waals surface area (Å²) in [5.41, 5.74) is 4.31. The van der Waals surface area contributed by atoms with E-state index in [-0.39, 0.29) is 17.9 Å². The van der Waals surface area contributed by atoms with Gasteiger partial charge in [-0.05, 0) is 41.7 Å². The Hall–Kier alpha value is -3.11. The van der Waals surface area contributed by atoms with E-state index in [0.717, 1.165) is 41.8 Å². The molecule has 0 bridgehead atoms. The van der Waals surface area contributed by atoms with Gasteiger partial charge >= 0.3 is 0 Å². The van der Waals surface area contributed by atoms with Crippen molar-refractivity contribution in [3.63, 3.8) is 0 Å². The van der Waals surface area contributed by atoms with Crippen molar-refractivity contribution in [1.29, 1.82) is 0 Å². The van der Waals surface area contributed by atoms with Gasteiger partial charge in [0.05, 0.1) is 12.0 Å². The predicted molar refractivity (Wildman–Crippen MR) is 130 cm³/mol. The minimum Gasteiger partial charge on any atom is -0.378 e. The molecule has 0 radical (unpaired) electrons. The van der Waals surface area contributed by atoms with Crippen LogP contribution >= 0.6 is 0 Å². The smallest absolute Gasteiger partial charge is 0.234 e. The van der Waals surface area contributed by atoms with Crippen molar-refractivity contribution >= 4 is 11.6 Å². The summed E-state index contributed by atoms with van der Waals surface area (Å²) in [5.74, 6) is -0.213. The van der Waals surface area contributed by atoms with Gasteiger partial charge < -0.3 is 14.5 Å². The van der Waals surface area contributed by atoms with E-state index in [0.29, 0.717) is 13.1 Å². The van der Waals surface area contributed by atoms with Gasteiger partial charge in [0.25, 0.3) is 0 Å². The zero-order valence-electron chi connectivity index (χ0n) is 19.0. The molecular formula is C28H32N2O2. The lowest BCUT2D eigenvalue weighted by Crippen LogP contribution is -2.40. The Bertz CT molecular complexity index is 941. The van der Waals surface area contributed by atoms with Crippen molar-refractivity contribution in [2.45, 2.75) is 31.4 Å². The van der Waals surface area contributed by atoms with Gasteiger partial charge in [-0.2, -0.15) is 0 Å². The van der Waals surface area contributed by atoms with Crippen LogP contribution in [0.15, 0.2) is 84.9 Å². The van der Waals surface area contributed by atoms with Crippen molar-refractivity contribution < 1.29 is 9.53 Å². The molecule has 3 aromatic carbocycles. The zero-order valence-corrected chi connectivity index (χ0v) is 19.0. The van der Waals surface area contributed by atoms with Crippen LogP contribution in [-0.4, -0.2) is 44.2 Å². The normalized spacial score (nSPS) is 15.7. The highest BCUT2D eigenvalue weighted by atomic mass is 16.5. The lowest BCUT2D eigenvalue weighted by molar-refractivity contribution is -0.134. The maximum Gasteiger partial charge on any atom is 0.234 e. The topological polar surface area (TPSA) is 32.8 Å². The molecule has 0 spiro atoms. The molecule has 4 nitrogen and oxygen atoms in total. The first-order valence-electron chi connectivity index (χ1n) is 11.4. The van der Waals surface area contributed by atoms with Gasteiger partial charge in [-0.1, -0.05) is 72.8 Å². The van der Waals surface area contributed by atoms with E-state index >= 15 is 0 Å². The number of ether oxygens (including phenoxy) is 1. The van der Waals surface area contributed by atoms with E-state index in [1.165, 1.54) is 0 Å². The van der Waals surface area contributed by atoms with Crippen molar-refractivity contribution in [2.24, 2.45) is 0 Å². The molecule has 1 fully saturated rings. The van der Waals surface area contributed by atoms with Crippen molar-refractivity contribution in [1.82, 2.24) is 4.90 Å². The third kappa shape index (κ3) is 5.38. The summed E-state index contributed by atoms with van der Waals surface area (Å²) in [5, 5.41) is 0. The van der Waals surface area contributed by atoms with E-state index < -0.39 is 0 Å². The Labute approximate surface area is 191 Å². The minimum absolute atomic E-state index is 0.104. The molecule has 1 aliphatic heterocycles. The molecule has 4 rings (SSSR count). The largest absolute Gasteiger partial charge is 0.378 e. The first-order valence-corrected chi connectivity index (χ1v) is 11.4. The Morgan fingerprint density at radius 3 is 2.00 bits per heavy atom. The molecule has 32 heavy (non-hydrogen) atoms. The fourth-order valence-electron chi connectivity index (χ4n) is 4.34. The summed E-state index contributed by atoms with van der Waals surface area (Å²) in [6.45, 7) is 1.97. The second-order valence-corrected chi connectivity index (χ2v) is 8.67. The van der Waals surface area contributed by atoms with Gasteiger partial charge in [0.2, 0.25) is 5.91 Å². The molecule has 166 valence electrons. The van der Waals surface area contributed by atoms with Crippen LogP contribution in [-0.2, 0) is 16.1 Å². The fourth-order valence-corrected chi connectivity index (χ4v) is 4.34.